The summed E-state index contributed by atoms with van der Waals surface area (Å²) in [5.41, 5.74) is 1.18. The van der Waals surface area contributed by atoms with Crippen LogP contribution >= 0.6 is 0 Å². The molecule has 2 heteroatoms. The lowest BCUT2D eigenvalue weighted by Gasteiger charge is -2.23. The highest BCUT2D eigenvalue weighted by atomic mass is 16.2. The van der Waals surface area contributed by atoms with E-state index in [9.17, 15) is 4.79 Å². The van der Waals surface area contributed by atoms with Crippen molar-refractivity contribution in [2.24, 2.45) is 5.41 Å². The molecule has 0 aromatic carbocycles. The molecule has 0 saturated carbocycles. The number of rotatable bonds is 5. The highest BCUT2D eigenvalue weighted by Gasteiger charge is 2.18. The summed E-state index contributed by atoms with van der Waals surface area (Å²) in [6.45, 7) is 10.9. The second-order valence-corrected chi connectivity index (χ2v) is 5.75. The summed E-state index contributed by atoms with van der Waals surface area (Å²) < 4.78 is 0. The van der Waals surface area contributed by atoms with Gasteiger partial charge in [-0.15, -0.1) is 0 Å². The number of likely N-dealkylation sites (N-methyl/N-ethyl adjacent to an activating group) is 1. The molecule has 0 saturated heterocycles. The number of hydrogen-bond acceptors (Lipinski definition) is 1. The van der Waals surface area contributed by atoms with Crippen LogP contribution in [0.2, 0.25) is 0 Å². The second-order valence-electron chi connectivity index (χ2n) is 5.75. The molecule has 2 nitrogen and oxygen atoms in total. The Bertz CT molecular complexity index is 343. The van der Waals surface area contributed by atoms with Gasteiger partial charge in [0.2, 0.25) is 5.91 Å². The maximum Gasteiger partial charge on any atom is 0.223 e. The van der Waals surface area contributed by atoms with Crippen LogP contribution in [-0.2, 0) is 4.79 Å². The summed E-state index contributed by atoms with van der Waals surface area (Å²) in [6.07, 6.45) is 10.6. The third kappa shape index (κ3) is 7.88. The maximum atomic E-state index is 12.0. The van der Waals surface area contributed by atoms with Gasteiger partial charge in [-0.2, -0.15) is 0 Å². The zero-order valence-electron chi connectivity index (χ0n) is 12.7. The molecule has 0 spiro atoms. The number of hydrogen-bond donors (Lipinski definition) is 0. The third-order valence-corrected chi connectivity index (χ3v) is 2.41. The maximum absolute atomic E-state index is 12.0. The summed E-state index contributed by atoms with van der Waals surface area (Å²) in [5, 5.41) is 0. The van der Waals surface area contributed by atoms with Crippen molar-refractivity contribution in [2.75, 3.05) is 13.6 Å². The molecule has 102 valence electrons. The van der Waals surface area contributed by atoms with Crippen molar-refractivity contribution in [3.63, 3.8) is 0 Å². The Hall–Kier alpha value is -1.31. The van der Waals surface area contributed by atoms with E-state index in [4.69, 9.17) is 0 Å². The molecular formula is C16H27NO. The average Bonchev–Trinajstić information content (AvgIpc) is 2.23. The van der Waals surface area contributed by atoms with Crippen molar-refractivity contribution in [3.8, 4) is 0 Å². The molecule has 0 aromatic rings. The van der Waals surface area contributed by atoms with Gasteiger partial charge in [0.15, 0.2) is 0 Å². The van der Waals surface area contributed by atoms with Crippen molar-refractivity contribution in [2.45, 2.75) is 41.0 Å². The lowest BCUT2D eigenvalue weighted by atomic mass is 9.91. The SMILES string of the molecule is C/C=C/C=C(\C=C\C)CN(C)C(=O)CC(C)(C)C. The standard InChI is InChI=1S/C16H27NO/c1-7-9-11-14(10-8-2)13-17(6)15(18)12-16(3,4)5/h7-11H,12-13H2,1-6H3/b9-7+,10-8+,14-11+. The Labute approximate surface area is 112 Å². The van der Waals surface area contributed by atoms with Crippen molar-refractivity contribution < 1.29 is 4.79 Å². The normalized spacial score (nSPS) is 13.6. The van der Waals surface area contributed by atoms with Crippen LogP contribution in [0.1, 0.15) is 41.0 Å². The molecule has 0 heterocycles. The van der Waals surface area contributed by atoms with Gasteiger partial charge in [0.05, 0.1) is 0 Å². The molecule has 0 aromatic heterocycles. The topological polar surface area (TPSA) is 20.3 Å². The molecule has 0 radical (unpaired) electrons. The van der Waals surface area contributed by atoms with E-state index in [0.717, 1.165) is 5.57 Å². The quantitative estimate of drug-likeness (QED) is 0.675. The van der Waals surface area contributed by atoms with Crippen LogP contribution in [0.4, 0.5) is 0 Å². The molecule has 1 amide bonds. The first-order chi connectivity index (χ1) is 8.30. The largest absolute Gasteiger partial charge is 0.341 e. The van der Waals surface area contributed by atoms with E-state index in [2.05, 4.69) is 20.8 Å². The molecule has 0 bridgehead atoms. The van der Waals surface area contributed by atoms with Crippen LogP contribution in [0.15, 0.2) is 36.0 Å². The minimum absolute atomic E-state index is 0.0408. The van der Waals surface area contributed by atoms with Crippen LogP contribution in [-0.4, -0.2) is 24.4 Å². The Morgan fingerprint density at radius 3 is 2.22 bits per heavy atom. The Morgan fingerprint density at radius 2 is 1.78 bits per heavy atom. The fourth-order valence-electron chi connectivity index (χ4n) is 1.55. The summed E-state index contributed by atoms with van der Waals surface area (Å²) in [4.78, 5) is 13.8. The Kier molecular flexibility index (Phi) is 7.33. The van der Waals surface area contributed by atoms with E-state index in [0.29, 0.717) is 13.0 Å². The molecule has 0 unspecified atom stereocenters. The van der Waals surface area contributed by atoms with Gasteiger partial charge >= 0.3 is 0 Å². The van der Waals surface area contributed by atoms with Gasteiger partial charge in [0.25, 0.3) is 0 Å². The molecule has 0 aliphatic heterocycles. The van der Waals surface area contributed by atoms with Gasteiger partial charge in [-0.3, -0.25) is 4.79 Å². The molecule has 0 rings (SSSR count). The molecular weight excluding hydrogens is 222 g/mol. The number of allylic oxidation sites excluding steroid dienone is 4. The molecule has 18 heavy (non-hydrogen) atoms. The number of carbonyl (C=O) groups is 1. The predicted octanol–water partition coefficient (Wildman–Crippen LogP) is 3.96. The molecule has 0 aliphatic carbocycles. The van der Waals surface area contributed by atoms with Gasteiger partial charge in [0.1, 0.15) is 0 Å². The fourth-order valence-corrected chi connectivity index (χ4v) is 1.55. The summed E-state index contributed by atoms with van der Waals surface area (Å²) in [6, 6.07) is 0. The van der Waals surface area contributed by atoms with Crippen molar-refractivity contribution in [3.05, 3.63) is 36.0 Å². The predicted molar refractivity (Wildman–Crippen MR) is 79.4 cm³/mol. The summed E-state index contributed by atoms with van der Waals surface area (Å²) in [7, 11) is 1.86. The van der Waals surface area contributed by atoms with E-state index in [-0.39, 0.29) is 11.3 Å². The average molecular weight is 249 g/mol. The first kappa shape index (κ1) is 16.7. The van der Waals surface area contributed by atoms with E-state index >= 15 is 0 Å². The zero-order valence-corrected chi connectivity index (χ0v) is 12.7. The van der Waals surface area contributed by atoms with Crippen molar-refractivity contribution in [1.82, 2.24) is 4.90 Å². The zero-order chi connectivity index (χ0) is 14.2. The van der Waals surface area contributed by atoms with Crippen molar-refractivity contribution in [1.29, 1.82) is 0 Å². The first-order valence-electron chi connectivity index (χ1n) is 6.48. The molecule has 0 aliphatic rings. The lowest BCUT2D eigenvalue weighted by Crippen LogP contribution is -2.31. The van der Waals surface area contributed by atoms with E-state index in [1.165, 1.54) is 0 Å². The van der Waals surface area contributed by atoms with Crippen molar-refractivity contribution >= 4 is 5.91 Å². The monoisotopic (exact) mass is 249 g/mol. The highest BCUT2D eigenvalue weighted by molar-refractivity contribution is 5.76. The van der Waals surface area contributed by atoms with Crippen LogP contribution < -0.4 is 0 Å². The second kappa shape index (κ2) is 7.91. The van der Waals surface area contributed by atoms with Gasteiger partial charge < -0.3 is 4.90 Å². The van der Waals surface area contributed by atoms with E-state index in [1.54, 1.807) is 4.90 Å². The lowest BCUT2D eigenvalue weighted by molar-refractivity contribution is -0.131. The van der Waals surface area contributed by atoms with Gasteiger partial charge in [0, 0.05) is 20.0 Å². The van der Waals surface area contributed by atoms with Gasteiger partial charge in [-0.05, 0) is 24.8 Å². The van der Waals surface area contributed by atoms with E-state index in [1.807, 2.05) is 51.3 Å². The molecule has 0 fully saturated rings. The van der Waals surface area contributed by atoms with Crippen LogP contribution in [0, 0.1) is 5.41 Å². The number of amides is 1. The number of carbonyl (C=O) groups excluding carboxylic acids is 1. The Balaban J connectivity index is 4.60. The van der Waals surface area contributed by atoms with Crippen LogP contribution in [0.3, 0.4) is 0 Å². The molecule has 0 atom stereocenters. The molecule has 0 N–H and O–H groups in total. The summed E-state index contributed by atoms with van der Waals surface area (Å²) >= 11 is 0. The van der Waals surface area contributed by atoms with Crippen LogP contribution in [0.5, 0.6) is 0 Å². The van der Waals surface area contributed by atoms with Crippen LogP contribution in [0.25, 0.3) is 0 Å². The minimum atomic E-state index is 0.0408. The van der Waals surface area contributed by atoms with E-state index < -0.39 is 0 Å². The fraction of sp³-hybridized carbons (Fsp3) is 0.562. The Morgan fingerprint density at radius 1 is 1.17 bits per heavy atom. The smallest absolute Gasteiger partial charge is 0.223 e. The third-order valence-electron chi connectivity index (χ3n) is 2.41. The minimum Gasteiger partial charge on any atom is -0.341 e. The van der Waals surface area contributed by atoms with Gasteiger partial charge in [-0.1, -0.05) is 51.2 Å². The highest BCUT2D eigenvalue weighted by Crippen LogP contribution is 2.19. The van der Waals surface area contributed by atoms with Gasteiger partial charge in [-0.25, -0.2) is 0 Å². The summed E-state index contributed by atoms with van der Waals surface area (Å²) in [5.74, 6) is 0.193. The first-order valence-corrected chi connectivity index (χ1v) is 6.48. The number of nitrogens with zero attached hydrogens (tertiary/aromatic N) is 1.